The van der Waals surface area contributed by atoms with E-state index < -0.39 is 6.85 Å². The largest absolute Gasteiger partial charge is 0.438 e. The van der Waals surface area contributed by atoms with Crippen LogP contribution in [0.5, 0.6) is 0 Å². The molecule has 126 valence electrons. The summed E-state index contributed by atoms with van der Waals surface area (Å²) in [5.74, 6) is 0. The number of pyridine rings is 2. The predicted molar refractivity (Wildman–Crippen MR) is 105 cm³/mol. The van der Waals surface area contributed by atoms with Crippen LogP contribution in [0, 0.1) is 13.8 Å². The molecule has 5 aromatic rings. The van der Waals surface area contributed by atoms with E-state index in [2.05, 4.69) is 17.1 Å². The zero-order chi connectivity index (χ0) is 20.3. The van der Waals surface area contributed by atoms with Crippen molar-refractivity contribution in [3.63, 3.8) is 0 Å². The summed E-state index contributed by atoms with van der Waals surface area (Å²) in [6.45, 7) is -0.140. The molecule has 0 spiro atoms. The third-order valence-electron chi connectivity index (χ3n) is 4.99. The summed E-state index contributed by atoms with van der Waals surface area (Å²) in [7, 11) is 1.92. The maximum absolute atomic E-state index is 7.76. The smallest absolute Gasteiger partial charge is 0.227 e. The molecule has 3 heteroatoms. The van der Waals surface area contributed by atoms with Crippen molar-refractivity contribution in [2.45, 2.75) is 13.8 Å². The first-order valence-corrected chi connectivity index (χ1v) is 8.54. The summed E-state index contributed by atoms with van der Waals surface area (Å²) < 4.78 is 31.3. The fraction of sp³-hybridized carbons (Fsp3) is 0.130. The Bertz CT molecular complexity index is 1420. The van der Waals surface area contributed by atoms with E-state index in [-0.39, 0.29) is 0 Å². The van der Waals surface area contributed by atoms with E-state index in [1.54, 1.807) is 18.3 Å². The summed E-state index contributed by atoms with van der Waals surface area (Å²) in [4.78, 5) is 4.50. The summed E-state index contributed by atoms with van der Waals surface area (Å²) in [5.41, 5.74) is 4.55. The zero-order valence-corrected chi connectivity index (χ0v) is 14.6. The lowest BCUT2D eigenvalue weighted by Crippen LogP contribution is -2.30. The fourth-order valence-electron chi connectivity index (χ4n) is 3.66. The van der Waals surface area contributed by atoms with Crippen molar-refractivity contribution in [2.24, 2.45) is 7.05 Å². The van der Waals surface area contributed by atoms with Gasteiger partial charge in [0.2, 0.25) is 11.4 Å². The van der Waals surface area contributed by atoms with Crippen LogP contribution < -0.4 is 4.57 Å². The molecule has 0 fully saturated rings. The Balaban J connectivity index is 1.85. The first-order valence-electron chi connectivity index (χ1n) is 10.0. The molecule has 0 N–H and O–H groups in total. The average molecular weight is 342 g/mol. The molecule has 0 bridgehead atoms. The van der Waals surface area contributed by atoms with Gasteiger partial charge in [0.1, 0.15) is 12.6 Å². The Hall–Kier alpha value is -3.20. The van der Waals surface area contributed by atoms with Crippen LogP contribution in [-0.4, -0.2) is 4.98 Å². The summed E-state index contributed by atoms with van der Waals surface area (Å²) in [5, 5.41) is 4.10. The molecule has 3 heterocycles. The van der Waals surface area contributed by atoms with Crippen molar-refractivity contribution in [1.82, 2.24) is 4.98 Å². The van der Waals surface area contributed by atoms with Crippen LogP contribution >= 0.6 is 0 Å². The second-order valence-corrected chi connectivity index (χ2v) is 6.70. The number of furan rings is 1. The minimum Gasteiger partial charge on any atom is -0.438 e. The van der Waals surface area contributed by atoms with Gasteiger partial charge in [0.15, 0.2) is 6.20 Å². The Morgan fingerprint density at radius 1 is 1.08 bits per heavy atom. The van der Waals surface area contributed by atoms with Crippen molar-refractivity contribution in [3.05, 3.63) is 72.1 Å². The second kappa shape index (κ2) is 5.40. The van der Waals surface area contributed by atoms with Crippen LogP contribution in [0.15, 0.2) is 65.3 Å². The highest BCUT2D eigenvalue weighted by molar-refractivity contribution is 6.18. The van der Waals surface area contributed by atoms with Crippen LogP contribution in [0.1, 0.15) is 15.2 Å². The first kappa shape index (κ1) is 12.2. The number of aryl methyl sites for hydroxylation is 3. The van der Waals surface area contributed by atoms with E-state index in [4.69, 9.17) is 8.53 Å². The van der Waals surface area contributed by atoms with E-state index in [9.17, 15) is 0 Å². The normalized spacial score (nSPS) is 13.8. The van der Waals surface area contributed by atoms with E-state index in [1.165, 1.54) is 0 Å². The van der Waals surface area contributed by atoms with Gasteiger partial charge < -0.3 is 4.42 Å². The monoisotopic (exact) mass is 342 g/mol. The molecule has 3 nitrogen and oxygen atoms in total. The lowest BCUT2D eigenvalue weighted by molar-refractivity contribution is -0.660. The van der Waals surface area contributed by atoms with Gasteiger partial charge in [0.25, 0.3) is 0 Å². The molecule has 0 aliphatic heterocycles. The third-order valence-corrected chi connectivity index (χ3v) is 4.99. The van der Waals surface area contributed by atoms with E-state index in [0.717, 1.165) is 43.9 Å². The van der Waals surface area contributed by atoms with E-state index in [1.807, 2.05) is 49.0 Å². The van der Waals surface area contributed by atoms with Gasteiger partial charge in [-0.2, -0.15) is 0 Å². The van der Waals surface area contributed by atoms with Crippen molar-refractivity contribution < 1.29 is 13.1 Å². The molecular weight excluding hydrogens is 320 g/mol. The topological polar surface area (TPSA) is 29.9 Å². The van der Waals surface area contributed by atoms with Crippen molar-refractivity contribution in [2.75, 3.05) is 0 Å². The standard InChI is InChI=1S/C23H19N2O/c1-14-8-9-25(3)20(10-14)18-12-19-21(11-15(18)2)26-23-22(19)17-7-5-4-6-16(17)13-24-23/h4-13H,1-3H3/q+1/i1D3. The van der Waals surface area contributed by atoms with Crippen LogP contribution in [0.25, 0.3) is 44.1 Å². The van der Waals surface area contributed by atoms with Crippen LogP contribution in [0.4, 0.5) is 0 Å². The van der Waals surface area contributed by atoms with Gasteiger partial charge in [-0.3, -0.25) is 0 Å². The Kier molecular flexibility index (Phi) is 2.53. The molecule has 5 rings (SSSR count). The molecular formula is C23H19N2O+. The van der Waals surface area contributed by atoms with Gasteiger partial charge in [0.05, 0.1) is 5.39 Å². The van der Waals surface area contributed by atoms with Crippen molar-refractivity contribution in [1.29, 1.82) is 0 Å². The van der Waals surface area contributed by atoms with Gasteiger partial charge in [-0.15, -0.1) is 0 Å². The van der Waals surface area contributed by atoms with Gasteiger partial charge >= 0.3 is 0 Å². The molecule has 0 aliphatic carbocycles. The first-order chi connectivity index (χ1) is 13.8. The highest BCUT2D eigenvalue weighted by atomic mass is 16.3. The fourth-order valence-corrected chi connectivity index (χ4v) is 3.66. The minimum absolute atomic E-state index is 0.328. The maximum atomic E-state index is 7.76. The molecule has 3 aromatic heterocycles. The van der Waals surface area contributed by atoms with E-state index >= 15 is 0 Å². The minimum atomic E-state index is -2.15. The molecule has 0 amide bonds. The van der Waals surface area contributed by atoms with Crippen molar-refractivity contribution >= 4 is 32.8 Å². The van der Waals surface area contributed by atoms with Crippen LogP contribution in [-0.2, 0) is 7.05 Å². The van der Waals surface area contributed by atoms with Crippen LogP contribution in [0.2, 0.25) is 0 Å². The Morgan fingerprint density at radius 2 is 1.96 bits per heavy atom. The number of hydrogen-bond acceptors (Lipinski definition) is 2. The number of benzene rings is 2. The number of rotatable bonds is 1. The lowest BCUT2D eigenvalue weighted by atomic mass is 9.99. The van der Waals surface area contributed by atoms with Crippen LogP contribution in [0.3, 0.4) is 0 Å². The molecule has 26 heavy (non-hydrogen) atoms. The quantitative estimate of drug-likeness (QED) is 0.390. The lowest BCUT2D eigenvalue weighted by Gasteiger charge is -2.06. The summed E-state index contributed by atoms with van der Waals surface area (Å²) in [6, 6.07) is 15.6. The predicted octanol–water partition coefficient (Wildman–Crippen LogP) is 5.24. The molecule has 0 unspecified atom stereocenters. The number of aromatic nitrogens is 2. The third kappa shape index (κ3) is 2.14. The maximum Gasteiger partial charge on any atom is 0.227 e. The molecule has 0 saturated heterocycles. The number of nitrogens with zero attached hydrogens (tertiary/aromatic N) is 2. The number of hydrogen-bond donors (Lipinski definition) is 0. The van der Waals surface area contributed by atoms with Gasteiger partial charge in [-0.1, -0.05) is 24.3 Å². The zero-order valence-electron chi connectivity index (χ0n) is 17.6. The highest BCUT2D eigenvalue weighted by Gasteiger charge is 2.18. The summed E-state index contributed by atoms with van der Waals surface area (Å²) >= 11 is 0. The molecule has 0 atom stereocenters. The van der Waals surface area contributed by atoms with Gasteiger partial charge in [-0.05, 0) is 42.4 Å². The van der Waals surface area contributed by atoms with Gasteiger partial charge in [-0.25, -0.2) is 9.55 Å². The molecule has 0 aliphatic rings. The van der Waals surface area contributed by atoms with Crippen molar-refractivity contribution in [3.8, 4) is 11.3 Å². The Labute approximate surface area is 155 Å². The summed E-state index contributed by atoms with van der Waals surface area (Å²) in [6.07, 6.45) is 3.62. The molecule has 0 saturated carbocycles. The second-order valence-electron chi connectivity index (χ2n) is 6.70. The van der Waals surface area contributed by atoms with Gasteiger partial charge in [0, 0.05) is 38.8 Å². The average Bonchev–Trinajstić information content (AvgIpc) is 3.04. The SMILES string of the molecule is [2H]C([2H])([2H])c1cc[n+](C)c(-c2cc3c(cc2C)oc2ncc4ccccc4c23)c1. The highest BCUT2D eigenvalue weighted by Crippen LogP contribution is 2.36. The molecule has 0 radical (unpaired) electrons. The molecule has 2 aromatic carbocycles. The van der Waals surface area contributed by atoms with E-state index in [0.29, 0.717) is 11.3 Å². The number of fused-ring (bicyclic) bond motifs is 5. The Morgan fingerprint density at radius 3 is 2.85 bits per heavy atom.